The summed E-state index contributed by atoms with van der Waals surface area (Å²) in [6.07, 6.45) is 4.49. The maximum atomic E-state index is 13.1. The largest absolute Gasteiger partial charge is 0.496 e. The van der Waals surface area contributed by atoms with Gasteiger partial charge < -0.3 is 24.4 Å². The van der Waals surface area contributed by atoms with Crippen LogP contribution in [0.5, 0.6) is 17.2 Å². The number of nitrogens with one attached hydrogen (secondary N) is 1. The Kier molecular flexibility index (Phi) is 6.15. The van der Waals surface area contributed by atoms with Crippen LogP contribution in [0.25, 0.3) is 0 Å². The van der Waals surface area contributed by atoms with Gasteiger partial charge in [-0.3, -0.25) is 9.59 Å². The summed E-state index contributed by atoms with van der Waals surface area (Å²) in [6, 6.07) is 2.43. The van der Waals surface area contributed by atoms with Crippen LogP contribution in [0.1, 0.15) is 12.0 Å². The highest BCUT2D eigenvalue weighted by molar-refractivity contribution is 7.99. The Balaban J connectivity index is 1.98. The van der Waals surface area contributed by atoms with Gasteiger partial charge in [-0.2, -0.15) is 11.8 Å². The summed E-state index contributed by atoms with van der Waals surface area (Å²) in [4.78, 5) is 27.3. The Labute approximate surface area is 163 Å². The van der Waals surface area contributed by atoms with Gasteiger partial charge in [0.15, 0.2) is 0 Å². The number of hydrogen-bond donors (Lipinski definition) is 1. The molecule has 1 saturated heterocycles. The molecule has 146 valence electrons. The molecule has 0 radical (unpaired) electrons. The Morgan fingerprint density at radius 3 is 2.44 bits per heavy atom. The summed E-state index contributed by atoms with van der Waals surface area (Å²) in [5.41, 5.74) is 0.713. The number of rotatable bonds is 5. The quantitative estimate of drug-likeness (QED) is 0.767. The van der Waals surface area contributed by atoms with Crippen LogP contribution in [0.4, 0.5) is 0 Å². The number of thioether (sulfide) groups is 1. The predicted molar refractivity (Wildman–Crippen MR) is 103 cm³/mol. The van der Waals surface area contributed by atoms with Crippen LogP contribution in [-0.4, -0.2) is 61.6 Å². The molecule has 7 nitrogen and oxygen atoms in total. The zero-order valence-corrected chi connectivity index (χ0v) is 16.5. The maximum Gasteiger partial charge on any atom is 0.246 e. The van der Waals surface area contributed by atoms with E-state index in [0.29, 0.717) is 35.0 Å². The van der Waals surface area contributed by atoms with E-state index in [0.717, 1.165) is 5.75 Å². The van der Waals surface area contributed by atoms with E-state index in [2.05, 4.69) is 5.32 Å². The molecule has 1 fully saturated rings. The van der Waals surface area contributed by atoms with E-state index >= 15 is 0 Å². The number of carbonyl (C=O) groups excluding carboxylic acids is 2. The van der Waals surface area contributed by atoms with E-state index in [9.17, 15) is 9.59 Å². The number of hydrogen-bond acceptors (Lipinski definition) is 6. The lowest BCUT2D eigenvalue weighted by Crippen LogP contribution is -2.63. The Bertz CT molecular complexity index is 727. The normalized spacial score (nSPS) is 23.6. The maximum absolute atomic E-state index is 13.1. The van der Waals surface area contributed by atoms with Gasteiger partial charge in [0.2, 0.25) is 11.8 Å². The van der Waals surface area contributed by atoms with Crippen molar-refractivity contribution >= 4 is 23.6 Å². The molecule has 2 atom stereocenters. The van der Waals surface area contributed by atoms with Gasteiger partial charge in [-0.25, -0.2) is 0 Å². The molecule has 2 bridgehead atoms. The SMILES string of the molecule is COc1cc(OC)c(CN2C(=O)[C@@H]3C/C=C\CSC[C@H]2C(=O)N3)c(OC)c1. The molecular formula is C19H24N2O5S. The number of carbonyl (C=O) groups is 2. The summed E-state index contributed by atoms with van der Waals surface area (Å²) in [5.74, 6) is 2.86. The minimum atomic E-state index is -0.539. The Morgan fingerprint density at radius 1 is 1.11 bits per heavy atom. The molecular weight excluding hydrogens is 368 g/mol. The number of nitrogens with zero attached hydrogens (tertiary/aromatic N) is 1. The highest BCUT2D eigenvalue weighted by atomic mass is 32.2. The first-order chi connectivity index (χ1) is 13.1. The lowest BCUT2D eigenvalue weighted by molar-refractivity contribution is -0.149. The van der Waals surface area contributed by atoms with E-state index in [-0.39, 0.29) is 18.4 Å². The van der Waals surface area contributed by atoms with Gasteiger partial charge in [0.1, 0.15) is 29.3 Å². The first-order valence-corrected chi connectivity index (χ1v) is 9.87. The smallest absolute Gasteiger partial charge is 0.246 e. The van der Waals surface area contributed by atoms with Gasteiger partial charge in [-0.1, -0.05) is 12.2 Å². The average Bonchev–Trinajstić information content (AvgIpc) is 2.69. The van der Waals surface area contributed by atoms with E-state index in [1.54, 1.807) is 50.1 Å². The van der Waals surface area contributed by atoms with Crippen molar-refractivity contribution in [1.29, 1.82) is 0 Å². The van der Waals surface area contributed by atoms with Crippen molar-refractivity contribution < 1.29 is 23.8 Å². The standard InChI is InChI=1S/C19H24N2O5S/c1-24-12-8-16(25-2)13(17(9-12)26-3)10-21-15-11-27-7-5-4-6-14(19(21)23)20-18(15)22/h4-5,8-9,14-15H,6-7,10-11H2,1-3H3,(H,20,22)/b5-4-/t14-,15-/m0/s1. The molecule has 1 N–H and O–H groups in total. The van der Waals surface area contributed by atoms with Gasteiger partial charge in [-0.15, -0.1) is 0 Å². The topological polar surface area (TPSA) is 77.1 Å². The van der Waals surface area contributed by atoms with Gasteiger partial charge in [0.05, 0.1) is 33.4 Å². The highest BCUT2D eigenvalue weighted by Crippen LogP contribution is 2.36. The van der Waals surface area contributed by atoms with E-state index in [1.165, 1.54) is 0 Å². The van der Waals surface area contributed by atoms with Crippen LogP contribution in [0.2, 0.25) is 0 Å². The van der Waals surface area contributed by atoms with Crippen molar-refractivity contribution in [3.05, 3.63) is 29.8 Å². The molecule has 3 heterocycles. The number of methoxy groups -OCH3 is 3. The Hall–Kier alpha value is -2.35. The molecule has 0 unspecified atom stereocenters. The molecule has 4 rings (SSSR count). The van der Waals surface area contributed by atoms with Gasteiger partial charge >= 0.3 is 0 Å². The van der Waals surface area contributed by atoms with Crippen LogP contribution >= 0.6 is 11.8 Å². The third-order valence-corrected chi connectivity index (χ3v) is 5.73. The first kappa shape index (κ1) is 19.4. The highest BCUT2D eigenvalue weighted by Gasteiger charge is 2.40. The van der Waals surface area contributed by atoms with Crippen LogP contribution < -0.4 is 19.5 Å². The molecule has 0 spiro atoms. The molecule has 2 amide bonds. The predicted octanol–water partition coefficient (Wildman–Crippen LogP) is 1.60. The number of fused-ring (bicyclic) bond motifs is 6. The number of benzene rings is 1. The molecule has 0 aliphatic carbocycles. The fourth-order valence-corrected chi connectivity index (χ4v) is 4.25. The lowest BCUT2D eigenvalue weighted by Gasteiger charge is -2.39. The third kappa shape index (κ3) is 4.00. The summed E-state index contributed by atoms with van der Waals surface area (Å²) in [7, 11) is 4.68. The molecule has 1 aromatic rings. The van der Waals surface area contributed by atoms with Crippen LogP contribution in [0.3, 0.4) is 0 Å². The fourth-order valence-electron chi connectivity index (χ4n) is 3.29. The second kappa shape index (κ2) is 8.56. The third-order valence-electron chi connectivity index (χ3n) is 4.75. The monoisotopic (exact) mass is 392 g/mol. The first-order valence-electron chi connectivity index (χ1n) is 8.71. The molecule has 1 aromatic carbocycles. The lowest BCUT2D eigenvalue weighted by atomic mass is 10.0. The van der Waals surface area contributed by atoms with Crippen LogP contribution in [-0.2, 0) is 16.1 Å². The van der Waals surface area contributed by atoms with Crippen molar-refractivity contribution in [2.75, 3.05) is 32.8 Å². The summed E-state index contributed by atoms with van der Waals surface area (Å²) < 4.78 is 16.3. The molecule has 0 aromatic heterocycles. The fraction of sp³-hybridized carbons (Fsp3) is 0.474. The minimum absolute atomic E-state index is 0.0910. The molecule has 3 aliphatic heterocycles. The Morgan fingerprint density at radius 2 is 1.81 bits per heavy atom. The summed E-state index contributed by atoms with van der Waals surface area (Å²) >= 11 is 1.63. The van der Waals surface area contributed by atoms with Crippen LogP contribution in [0, 0.1) is 0 Å². The van der Waals surface area contributed by atoms with Crippen molar-refractivity contribution in [1.82, 2.24) is 10.2 Å². The van der Waals surface area contributed by atoms with E-state index in [1.807, 2.05) is 12.2 Å². The van der Waals surface area contributed by atoms with E-state index in [4.69, 9.17) is 14.2 Å². The molecule has 0 saturated carbocycles. The van der Waals surface area contributed by atoms with Crippen molar-refractivity contribution in [3.63, 3.8) is 0 Å². The summed E-state index contributed by atoms with van der Waals surface area (Å²) in [6.45, 7) is 0.230. The van der Waals surface area contributed by atoms with Gasteiger partial charge in [0.25, 0.3) is 0 Å². The van der Waals surface area contributed by atoms with Gasteiger partial charge in [-0.05, 0) is 6.42 Å². The zero-order chi connectivity index (χ0) is 19.4. The molecule has 8 heteroatoms. The molecule has 27 heavy (non-hydrogen) atoms. The van der Waals surface area contributed by atoms with Gasteiger partial charge in [0, 0.05) is 23.6 Å². The second-order valence-electron chi connectivity index (χ2n) is 6.30. The number of ether oxygens (including phenoxy) is 3. The zero-order valence-electron chi connectivity index (χ0n) is 15.7. The van der Waals surface area contributed by atoms with Crippen molar-refractivity contribution in [2.45, 2.75) is 25.0 Å². The van der Waals surface area contributed by atoms with Crippen LogP contribution in [0.15, 0.2) is 24.3 Å². The average molecular weight is 392 g/mol. The van der Waals surface area contributed by atoms with E-state index < -0.39 is 12.1 Å². The molecule has 3 aliphatic rings. The summed E-state index contributed by atoms with van der Waals surface area (Å²) in [5, 5.41) is 2.85. The number of piperazine rings is 1. The minimum Gasteiger partial charge on any atom is -0.496 e. The number of amides is 2. The van der Waals surface area contributed by atoms with Crippen molar-refractivity contribution in [2.24, 2.45) is 0 Å². The van der Waals surface area contributed by atoms with Crippen molar-refractivity contribution in [3.8, 4) is 17.2 Å². The second-order valence-corrected chi connectivity index (χ2v) is 7.37.